The van der Waals surface area contributed by atoms with E-state index in [0.29, 0.717) is 17.3 Å². The molecule has 1 heterocycles. The van der Waals surface area contributed by atoms with Crippen LogP contribution in [0, 0.1) is 10.1 Å². The monoisotopic (exact) mass is 324 g/mol. The number of rotatable bonds is 4. The molecule has 9 heteroatoms. The van der Waals surface area contributed by atoms with Crippen LogP contribution in [0.3, 0.4) is 0 Å². The average Bonchev–Trinajstić information content (AvgIpc) is 2.52. The van der Waals surface area contributed by atoms with E-state index in [-0.39, 0.29) is 5.69 Å². The lowest BCUT2D eigenvalue weighted by molar-refractivity contribution is -0.384. The van der Waals surface area contributed by atoms with Crippen LogP contribution in [-0.2, 0) is 6.18 Å². The van der Waals surface area contributed by atoms with Gasteiger partial charge in [-0.3, -0.25) is 20.5 Å². The predicted octanol–water partition coefficient (Wildman–Crippen LogP) is 3.84. The third-order valence-corrected chi connectivity index (χ3v) is 2.95. The molecular weight excluding hydrogens is 313 g/mol. The summed E-state index contributed by atoms with van der Waals surface area (Å²) in [4.78, 5) is 14.0. The highest BCUT2D eigenvalue weighted by molar-refractivity contribution is 5.98. The number of hydrogen-bond acceptors (Lipinski definition) is 5. The van der Waals surface area contributed by atoms with Crippen molar-refractivity contribution in [2.45, 2.75) is 13.1 Å². The Morgan fingerprint density at radius 2 is 2.09 bits per heavy atom. The Balaban J connectivity index is 2.31. The molecule has 6 nitrogen and oxygen atoms in total. The van der Waals surface area contributed by atoms with E-state index in [1.54, 1.807) is 31.5 Å². The van der Waals surface area contributed by atoms with Gasteiger partial charge in [-0.15, -0.1) is 0 Å². The van der Waals surface area contributed by atoms with Crippen LogP contribution in [0.4, 0.5) is 24.5 Å². The molecule has 0 radical (unpaired) electrons. The second kappa shape index (κ2) is 6.42. The number of benzene rings is 1. The summed E-state index contributed by atoms with van der Waals surface area (Å²) < 4.78 is 37.9. The molecule has 2 rings (SSSR count). The maximum absolute atomic E-state index is 12.6. The van der Waals surface area contributed by atoms with Gasteiger partial charge in [0.2, 0.25) is 0 Å². The Morgan fingerprint density at radius 3 is 2.65 bits per heavy atom. The first-order valence-corrected chi connectivity index (χ1v) is 6.35. The summed E-state index contributed by atoms with van der Waals surface area (Å²) in [6.07, 6.45) is -1.54. The van der Waals surface area contributed by atoms with Gasteiger partial charge < -0.3 is 0 Å². The van der Waals surface area contributed by atoms with Crippen molar-refractivity contribution in [2.75, 3.05) is 5.43 Å². The van der Waals surface area contributed by atoms with E-state index >= 15 is 0 Å². The molecule has 0 saturated carbocycles. The van der Waals surface area contributed by atoms with Gasteiger partial charge in [-0.25, -0.2) is 0 Å². The second-order valence-electron chi connectivity index (χ2n) is 4.54. The maximum atomic E-state index is 12.6. The Morgan fingerprint density at radius 1 is 1.35 bits per heavy atom. The van der Waals surface area contributed by atoms with Gasteiger partial charge in [-0.1, -0.05) is 6.07 Å². The van der Waals surface area contributed by atoms with Gasteiger partial charge in [0.25, 0.3) is 5.69 Å². The van der Waals surface area contributed by atoms with Crippen LogP contribution in [-0.4, -0.2) is 15.6 Å². The van der Waals surface area contributed by atoms with Gasteiger partial charge in [0.05, 0.1) is 16.2 Å². The van der Waals surface area contributed by atoms with Crippen molar-refractivity contribution in [3.63, 3.8) is 0 Å². The number of pyridine rings is 1. The average molecular weight is 324 g/mol. The Hall–Kier alpha value is -2.97. The Labute approximate surface area is 128 Å². The molecule has 0 saturated heterocycles. The molecule has 120 valence electrons. The number of alkyl halides is 3. The number of halogens is 3. The molecule has 0 aliphatic rings. The molecule has 1 aromatic heterocycles. The van der Waals surface area contributed by atoms with E-state index in [1.165, 1.54) is 0 Å². The summed E-state index contributed by atoms with van der Waals surface area (Å²) in [5, 5.41) is 14.9. The van der Waals surface area contributed by atoms with Crippen LogP contribution in [0.5, 0.6) is 0 Å². The zero-order valence-electron chi connectivity index (χ0n) is 11.8. The molecule has 1 N–H and O–H groups in total. The smallest absolute Gasteiger partial charge is 0.271 e. The standard InChI is InChI=1S/C14H11F3N4O2/c1-9(10-3-2-6-18-8-10)19-20-12-5-4-11(14(15,16)17)7-13(12)21(22)23/h2-8,20H,1H3. The lowest BCUT2D eigenvalue weighted by Crippen LogP contribution is -2.07. The van der Waals surface area contributed by atoms with Gasteiger partial charge in [0.15, 0.2) is 0 Å². The van der Waals surface area contributed by atoms with Crippen LogP contribution >= 0.6 is 0 Å². The normalized spacial score (nSPS) is 12.1. The summed E-state index contributed by atoms with van der Waals surface area (Å²) in [6, 6.07) is 5.62. The zero-order chi connectivity index (χ0) is 17.0. The lowest BCUT2D eigenvalue weighted by Gasteiger charge is -2.09. The Kier molecular flexibility index (Phi) is 4.58. The van der Waals surface area contributed by atoms with Crippen molar-refractivity contribution in [3.8, 4) is 0 Å². The molecular formula is C14H11F3N4O2. The fraction of sp³-hybridized carbons (Fsp3) is 0.143. The molecule has 1 aromatic carbocycles. The first-order chi connectivity index (χ1) is 10.8. The molecule has 0 spiro atoms. The second-order valence-corrected chi connectivity index (χ2v) is 4.54. The van der Waals surface area contributed by atoms with Crippen molar-refractivity contribution in [2.24, 2.45) is 5.10 Å². The zero-order valence-corrected chi connectivity index (χ0v) is 11.8. The molecule has 23 heavy (non-hydrogen) atoms. The number of aromatic nitrogens is 1. The predicted molar refractivity (Wildman–Crippen MR) is 78.2 cm³/mol. The Bertz CT molecular complexity index is 745. The van der Waals surface area contributed by atoms with Crippen LogP contribution in [0.25, 0.3) is 0 Å². The van der Waals surface area contributed by atoms with Crippen molar-refractivity contribution in [3.05, 3.63) is 64.0 Å². The maximum Gasteiger partial charge on any atom is 0.416 e. The van der Waals surface area contributed by atoms with Crippen LogP contribution < -0.4 is 5.43 Å². The van der Waals surface area contributed by atoms with Crippen molar-refractivity contribution < 1.29 is 18.1 Å². The molecule has 0 amide bonds. The van der Waals surface area contributed by atoms with Gasteiger partial charge in [-0.05, 0) is 25.1 Å². The van der Waals surface area contributed by atoms with Gasteiger partial charge in [0, 0.05) is 24.0 Å². The minimum atomic E-state index is -4.65. The highest BCUT2D eigenvalue weighted by Gasteiger charge is 2.33. The van der Waals surface area contributed by atoms with Crippen LogP contribution in [0.1, 0.15) is 18.1 Å². The fourth-order valence-electron chi connectivity index (χ4n) is 1.74. The highest BCUT2D eigenvalue weighted by Crippen LogP contribution is 2.34. The van der Waals surface area contributed by atoms with E-state index in [4.69, 9.17) is 0 Å². The number of anilines is 1. The topological polar surface area (TPSA) is 80.4 Å². The van der Waals surface area contributed by atoms with Gasteiger partial charge >= 0.3 is 6.18 Å². The first-order valence-electron chi connectivity index (χ1n) is 6.35. The van der Waals surface area contributed by atoms with Gasteiger partial charge in [-0.2, -0.15) is 18.3 Å². The largest absolute Gasteiger partial charge is 0.416 e. The van der Waals surface area contributed by atoms with E-state index in [2.05, 4.69) is 15.5 Å². The summed E-state index contributed by atoms with van der Waals surface area (Å²) in [7, 11) is 0. The lowest BCUT2D eigenvalue weighted by atomic mass is 10.1. The fourth-order valence-corrected chi connectivity index (χ4v) is 1.74. The van der Waals surface area contributed by atoms with E-state index in [0.717, 1.165) is 12.1 Å². The minimum absolute atomic E-state index is 0.133. The number of hydrogen-bond donors (Lipinski definition) is 1. The molecule has 2 aromatic rings. The highest BCUT2D eigenvalue weighted by atomic mass is 19.4. The molecule has 0 aliphatic heterocycles. The van der Waals surface area contributed by atoms with Crippen LogP contribution in [0.2, 0.25) is 0 Å². The third kappa shape index (κ3) is 4.02. The van der Waals surface area contributed by atoms with E-state index in [1.807, 2.05) is 0 Å². The van der Waals surface area contributed by atoms with Crippen LogP contribution in [0.15, 0.2) is 47.8 Å². The molecule has 0 fully saturated rings. The van der Waals surface area contributed by atoms with Crippen molar-refractivity contribution in [1.82, 2.24) is 4.98 Å². The third-order valence-electron chi connectivity index (χ3n) is 2.95. The minimum Gasteiger partial charge on any atom is -0.271 e. The summed E-state index contributed by atoms with van der Waals surface area (Å²) in [5.41, 5.74) is 1.64. The number of nitro groups is 1. The number of nitro benzene ring substituents is 1. The van der Waals surface area contributed by atoms with Crippen molar-refractivity contribution in [1.29, 1.82) is 0 Å². The number of nitrogens with one attached hydrogen (secondary N) is 1. The molecule has 0 atom stereocenters. The van der Waals surface area contributed by atoms with E-state index in [9.17, 15) is 23.3 Å². The SMILES string of the molecule is CC(=NNc1ccc(C(F)(F)F)cc1[N+](=O)[O-])c1cccnc1. The number of nitrogens with zero attached hydrogens (tertiary/aromatic N) is 3. The molecule has 0 unspecified atom stereocenters. The summed E-state index contributed by atoms with van der Waals surface area (Å²) in [6.45, 7) is 1.64. The summed E-state index contributed by atoms with van der Waals surface area (Å²) in [5.74, 6) is 0. The van der Waals surface area contributed by atoms with Gasteiger partial charge in [0.1, 0.15) is 5.69 Å². The molecule has 0 bridgehead atoms. The van der Waals surface area contributed by atoms with E-state index < -0.39 is 22.4 Å². The summed E-state index contributed by atoms with van der Waals surface area (Å²) >= 11 is 0. The number of hydrazone groups is 1. The quantitative estimate of drug-likeness (QED) is 0.526. The first kappa shape index (κ1) is 16.4. The molecule has 0 aliphatic carbocycles. The van der Waals surface area contributed by atoms with Crippen molar-refractivity contribution >= 4 is 17.1 Å².